The number of phenols is 1. The number of carboxylic acid groups (broad SMARTS) is 2. The highest BCUT2D eigenvalue weighted by atomic mass is 16.4. The zero-order chi connectivity index (χ0) is 14.3. The summed E-state index contributed by atoms with van der Waals surface area (Å²) in [6.07, 6.45) is 0. The molecule has 98 valence electrons. The maximum Gasteiger partial charge on any atom is 0.330 e. The topological polar surface area (TPSA) is 94.8 Å². The van der Waals surface area contributed by atoms with Crippen LogP contribution in [0.4, 0.5) is 0 Å². The SMILES string of the molecule is C=C(C)C(=O)O.CC(C(=O)O)c1ccc(O)cc1. The summed E-state index contributed by atoms with van der Waals surface area (Å²) in [5.41, 5.74) is 0.871. The molecule has 0 amide bonds. The molecule has 18 heavy (non-hydrogen) atoms. The molecule has 5 nitrogen and oxygen atoms in total. The van der Waals surface area contributed by atoms with Crippen molar-refractivity contribution >= 4 is 11.9 Å². The molecule has 0 heterocycles. The second-order valence-corrected chi connectivity index (χ2v) is 3.74. The maximum absolute atomic E-state index is 10.5. The molecule has 0 bridgehead atoms. The quantitative estimate of drug-likeness (QED) is 0.717. The Labute approximate surface area is 105 Å². The predicted molar refractivity (Wildman–Crippen MR) is 66.6 cm³/mol. The van der Waals surface area contributed by atoms with E-state index in [9.17, 15) is 9.59 Å². The fraction of sp³-hybridized carbons (Fsp3) is 0.231. The molecule has 0 radical (unpaired) electrons. The maximum atomic E-state index is 10.5. The van der Waals surface area contributed by atoms with Crippen molar-refractivity contribution in [3.8, 4) is 5.75 Å². The van der Waals surface area contributed by atoms with Gasteiger partial charge in [-0.05, 0) is 31.5 Å². The summed E-state index contributed by atoms with van der Waals surface area (Å²) in [4.78, 5) is 20.1. The molecular formula is C13H16O5. The number of hydrogen-bond donors (Lipinski definition) is 3. The van der Waals surface area contributed by atoms with Crippen molar-refractivity contribution in [3.05, 3.63) is 42.0 Å². The Kier molecular flexibility index (Phi) is 6.20. The zero-order valence-corrected chi connectivity index (χ0v) is 10.3. The van der Waals surface area contributed by atoms with Gasteiger partial charge in [-0.3, -0.25) is 4.79 Å². The van der Waals surface area contributed by atoms with Gasteiger partial charge in [0, 0.05) is 5.57 Å². The average molecular weight is 252 g/mol. The minimum absolute atomic E-state index is 0.149. The van der Waals surface area contributed by atoms with Gasteiger partial charge in [-0.15, -0.1) is 0 Å². The minimum Gasteiger partial charge on any atom is -0.508 e. The lowest BCUT2D eigenvalue weighted by Crippen LogP contribution is -2.06. The van der Waals surface area contributed by atoms with Crippen LogP contribution in [-0.2, 0) is 9.59 Å². The number of carbonyl (C=O) groups is 2. The Morgan fingerprint density at radius 3 is 1.83 bits per heavy atom. The first-order valence-electron chi connectivity index (χ1n) is 5.16. The van der Waals surface area contributed by atoms with E-state index in [-0.39, 0.29) is 11.3 Å². The van der Waals surface area contributed by atoms with E-state index in [0.717, 1.165) is 0 Å². The Balaban J connectivity index is 0.000000411. The van der Waals surface area contributed by atoms with E-state index >= 15 is 0 Å². The van der Waals surface area contributed by atoms with Crippen LogP contribution < -0.4 is 0 Å². The van der Waals surface area contributed by atoms with Gasteiger partial charge in [0.1, 0.15) is 5.75 Å². The van der Waals surface area contributed by atoms with Gasteiger partial charge in [0.2, 0.25) is 0 Å². The van der Waals surface area contributed by atoms with E-state index in [1.54, 1.807) is 19.1 Å². The van der Waals surface area contributed by atoms with Gasteiger partial charge in [0.15, 0.2) is 0 Å². The Morgan fingerprint density at radius 1 is 1.17 bits per heavy atom. The average Bonchev–Trinajstić information content (AvgIpc) is 2.29. The van der Waals surface area contributed by atoms with Gasteiger partial charge in [0.05, 0.1) is 5.92 Å². The van der Waals surface area contributed by atoms with Crippen molar-refractivity contribution in [1.29, 1.82) is 0 Å². The van der Waals surface area contributed by atoms with Gasteiger partial charge in [-0.25, -0.2) is 4.79 Å². The van der Waals surface area contributed by atoms with Gasteiger partial charge >= 0.3 is 11.9 Å². The highest BCUT2D eigenvalue weighted by Gasteiger charge is 2.12. The first-order valence-corrected chi connectivity index (χ1v) is 5.16. The molecule has 5 heteroatoms. The normalized spacial score (nSPS) is 10.8. The Hall–Kier alpha value is -2.30. The molecule has 1 rings (SSSR count). The lowest BCUT2D eigenvalue weighted by atomic mass is 10.0. The lowest BCUT2D eigenvalue weighted by Gasteiger charge is -2.05. The van der Waals surface area contributed by atoms with Crippen molar-refractivity contribution in [2.45, 2.75) is 19.8 Å². The van der Waals surface area contributed by atoms with Gasteiger partial charge in [0.25, 0.3) is 0 Å². The number of aromatic hydroxyl groups is 1. The zero-order valence-electron chi connectivity index (χ0n) is 10.3. The summed E-state index contributed by atoms with van der Waals surface area (Å²) < 4.78 is 0. The van der Waals surface area contributed by atoms with E-state index in [4.69, 9.17) is 15.3 Å². The van der Waals surface area contributed by atoms with Crippen molar-refractivity contribution in [2.75, 3.05) is 0 Å². The van der Waals surface area contributed by atoms with Gasteiger partial charge in [-0.1, -0.05) is 18.7 Å². The smallest absolute Gasteiger partial charge is 0.330 e. The Morgan fingerprint density at radius 2 is 1.56 bits per heavy atom. The van der Waals surface area contributed by atoms with E-state index in [2.05, 4.69) is 6.58 Å². The van der Waals surface area contributed by atoms with Crippen LogP contribution in [0.3, 0.4) is 0 Å². The van der Waals surface area contributed by atoms with Crippen molar-refractivity contribution in [3.63, 3.8) is 0 Å². The van der Waals surface area contributed by atoms with Crippen LogP contribution in [-0.4, -0.2) is 27.3 Å². The van der Waals surface area contributed by atoms with Crippen molar-refractivity contribution < 1.29 is 24.9 Å². The van der Waals surface area contributed by atoms with Gasteiger partial charge in [-0.2, -0.15) is 0 Å². The van der Waals surface area contributed by atoms with Crippen LogP contribution in [0.15, 0.2) is 36.4 Å². The third-order valence-corrected chi connectivity index (χ3v) is 2.13. The largest absolute Gasteiger partial charge is 0.508 e. The molecule has 0 saturated heterocycles. The fourth-order valence-corrected chi connectivity index (χ4v) is 0.906. The third-order valence-electron chi connectivity index (χ3n) is 2.13. The Bertz CT molecular complexity index is 421. The summed E-state index contributed by atoms with van der Waals surface area (Å²) in [5.74, 6) is -2.17. The highest BCUT2D eigenvalue weighted by molar-refractivity contribution is 5.84. The van der Waals surface area contributed by atoms with Crippen LogP contribution in [0.25, 0.3) is 0 Å². The van der Waals surface area contributed by atoms with Crippen LogP contribution in [0.5, 0.6) is 5.75 Å². The molecule has 1 aromatic carbocycles. The highest BCUT2D eigenvalue weighted by Crippen LogP contribution is 2.18. The number of rotatable bonds is 3. The van der Waals surface area contributed by atoms with Crippen molar-refractivity contribution in [1.82, 2.24) is 0 Å². The first-order chi connectivity index (χ1) is 8.25. The minimum atomic E-state index is -0.935. The summed E-state index contributed by atoms with van der Waals surface area (Å²) in [6.45, 7) is 6.21. The van der Waals surface area contributed by atoms with Crippen LogP contribution in [0.1, 0.15) is 25.3 Å². The third kappa shape index (κ3) is 5.69. The lowest BCUT2D eigenvalue weighted by molar-refractivity contribution is -0.138. The molecule has 1 unspecified atom stereocenters. The van der Waals surface area contributed by atoms with E-state index < -0.39 is 17.9 Å². The number of phenolic OH excluding ortho intramolecular Hbond substituents is 1. The summed E-state index contributed by atoms with van der Waals surface area (Å²) in [5, 5.41) is 25.5. The fourth-order valence-electron chi connectivity index (χ4n) is 0.906. The summed E-state index contributed by atoms with van der Waals surface area (Å²) >= 11 is 0. The van der Waals surface area contributed by atoms with Crippen LogP contribution >= 0.6 is 0 Å². The first kappa shape index (κ1) is 15.7. The molecule has 0 aliphatic heterocycles. The molecule has 0 aromatic heterocycles. The molecule has 0 aliphatic rings. The van der Waals surface area contributed by atoms with Gasteiger partial charge < -0.3 is 15.3 Å². The summed E-state index contributed by atoms with van der Waals surface area (Å²) in [6, 6.07) is 6.17. The second-order valence-electron chi connectivity index (χ2n) is 3.74. The molecular weight excluding hydrogens is 236 g/mol. The number of aliphatic carboxylic acids is 2. The summed E-state index contributed by atoms with van der Waals surface area (Å²) in [7, 11) is 0. The second kappa shape index (κ2) is 7.11. The predicted octanol–water partition coefficient (Wildman–Crippen LogP) is 2.23. The monoisotopic (exact) mass is 252 g/mol. The molecule has 3 N–H and O–H groups in total. The molecule has 0 saturated carbocycles. The van der Waals surface area contributed by atoms with Crippen LogP contribution in [0.2, 0.25) is 0 Å². The number of hydrogen-bond acceptors (Lipinski definition) is 3. The number of benzene rings is 1. The van der Waals surface area contributed by atoms with E-state index in [1.807, 2.05) is 0 Å². The molecule has 0 aliphatic carbocycles. The molecule has 0 spiro atoms. The van der Waals surface area contributed by atoms with Crippen molar-refractivity contribution in [2.24, 2.45) is 0 Å². The van der Waals surface area contributed by atoms with E-state index in [1.165, 1.54) is 19.1 Å². The molecule has 1 atom stereocenters. The molecule has 0 fully saturated rings. The van der Waals surface area contributed by atoms with E-state index in [0.29, 0.717) is 5.56 Å². The standard InChI is InChI=1S/C9H10O3.C4H6O2/c1-6(9(11)12)7-2-4-8(10)5-3-7;1-3(2)4(5)6/h2-6,10H,1H3,(H,11,12);1H2,2H3,(H,5,6). The molecule has 1 aromatic rings. The van der Waals surface area contributed by atoms with Crippen LogP contribution in [0, 0.1) is 0 Å². The number of carboxylic acids is 2.